The SMILES string of the molecule is CC(=O)C[C@H](O)CN1Cc2ccc(-c3cccc(-c4cccc(-c5ccc6c(c5)C(C)(C)CN(C[C@@H](O)CC(=O)O)C6)c4Cl)c3Cl)cc2C(C)(C)C1. The summed E-state index contributed by atoms with van der Waals surface area (Å²) >= 11 is 14.5. The van der Waals surface area contributed by atoms with Crippen LogP contribution in [0, 0.1) is 0 Å². The molecular weight excluding hydrogens is 695 g/mol. The Hall–Kier alpha value is -3.56. The third-order valence-corrected chi connectivity index (χ3v) is 11.3. The molecule has 0 aliphatic carbocycles. The molecule has 0 bridgehead atoms. The van der Waals surface area contributed by atoms with Gasteiger partial charge in [0.05, 0.1) is 28.7 Å². The molecule has 0 saturated carbocycles. The van der Waals surface area contributed by atoms with Gasteiger partial charge < -0.3 is 15.3 Å². The molecule has 4 aromatic carbocycles. The summed E-state index contributed by atoms with van der Waals surface area (Å²) in [6, 6.07) is 25.0. The molecule has 0 fully saturated rings. The lowest BCUT2D eigenvalue weighted by Gasteiger charge is -2.41. The van der Waals surface area contributed by atoms with Gasteiger partial charge in [0.2, 0.25) is 0 Å². The van der Waals surface area contributed by atoms with Crippen LogP contribution < -0.4 is 0 Å². The van der Waals surface area contributed by atoms with Crippen LogP contribution in [0.2, 0.25) is 10.0 Å². The quantitative estimate of drug-likeness (QED) is 0.142. The Kier molecular flexibility index (Phi) is 11.1. The van der Waals surface area contributed by atoms with Crippen molar-refractivity contribution in [2.24, 2.45) is 0 Å². The molecule has 2 aliphatic heterocycles. The maximum atomic E-state index is 11.5. The molecule has 4 aromatic rings. The number of hydrogen-bond donors (Lipinski definition) is 3. The fourth-order valence-corrected chi connectivity index (χ4v) is 9.02. The van der Waals surface area contributed by atoms with Crippen LogP contribution in [0.15, 0.2) is 72.8 Å². The van der Waals surface area contributed by atoms with Gasteiger partial charge in [-0.3, -0.25) is 19.4 Å². The first-order valence-electron chi connectivity index (χ1n) is 17.9. The number of aliphatic carboxylic acids is 1. The number of carbonyl (C=O) groups excluding carboxylic acids is 1. The van der Waals surface area contributed by atoms with Crippen LogP contribution in [0.5, 0.6) is 0 Å². The molecule has 0 amide bonds. The van der Waals surface area contributed by atoms with Crippen molar-refractivity contribution in [1.29, 1.82) is 0 Å². The number of β-amino-alcohol motifs (C(OH)–C–C–N with tert-alkyl or cyclic N) is 2. The molecule has 274 valence electrons. The number of carboxylic acid groups (broad SMARTS) is 1. The average molecular weight is 744 g/mol. The van der Waals surface area contributed by atoms with Crippen molar-refractivity contribution in [1.82, 2.24) is 9.80 Å². The maximum absolute atomic E-state index is 11.5. The minimum atomic E-state index is -1.00. The first kappa shape index (κ1) is 38.2. The molecular formula is C43H48Cl2N2O5. The van der Waals surface area contributed by atoms with Crippen LogP contribution in [0.1, 0.15) is 69.7 Å². The first-order chi connectivity index (χ1) is 24.5. The second-order valence-electron chi connectivity index (χ2n) is 16.0. The Balaban J connectivity index is 1.28. The molecule has 3 N–H and O–H groups in total. The number of rotatable bonds is 11. The summed E-state index contributed by atoms with van der Waals surface area (Å²) in [6.45, 7) is 13.9. The number of halogens is 2. The number of Topliss-reactive ketones (excluding diaryl/α,β-unsaturated/α-hetero) is 1. The number of carbonyl (C=O) groups is 2. The van der Waals surface area contributed by atoms with Crippen molar-refractivity contribution < 1.29 is 24.9 Å². The van der Waals surface area contributed by atoms with Gasteiger partial charge in [0, 0.05) is 78.8 Å². The van der Waals surface area contributed by atoms with Crippen molar-refractivity contribution in [3.05, 3.63) is 105 Å². The van der Waals surface area contributed by atoms with Crippen LogP contribution in [-0.4, -0.2) is 75.3 Å². The lowest BCUT2D eigenvalue weighted by Crippen LogP contribution is -2.45. The highest BCUT2D eigenvalue weighted by atomic mass is 35.5. The summed E-state index contributed by atoms with van der Waals surface area (Å²) in [6.07, 6.45) is -1.70. The molecule has 9 heteroatoms. The van der Waals surface area contributed by atoms with Crippen LogP contribution in [0.25, 0.3) is 33.4 Å². The van der Waals surface area contributed by atoms with Crippen molar-refractivity contribution in [2.45, 2.75) is 83.6 Å². The minimum absolute atomic E-state index is 0.00749. The molecule has 0 unspecified atom stereocenters. The zero-order valence-corrected chi connectivity index (χ0v) is 32.1. The monoisotopic (exact) mass is 742 g/mol. The van der Waals surface area contributed by atoms with Crippen molar-refractivity contribution in [3.8, 4) is 33.4 Å². The van der Waals surface area contributed by atoms with Gasteiger partial charge in [-0.05, 0) is 40.3 Å². The highest BCUT2D eigenvalue weighted by Crippen LogP contribution is 2.45. The van der Waals surface area contributed by atoms with E-state index in [1.807, 2.05) is 36.4 Å². The number of nitrogens with zero attached hydrogens (tertiary/aromatic N) is 2. The zero-order valence-electron chi connectivity index (χ0n) is 30.5. The van der Waals surface area contributed by atoms with Gasteiger partial charge in [-0.1, -0.05) is 124 Å². The largest absolute Gasteiger partial charge is 0.481 e. The molecule has 52 heavy (non-hydrogen) atoms. The molecule has 0 spiro atoms. The molecule has 0 saturated heterocycles. The normalized spacial score (nSPS) is 17.9. The van der Waals surface area contributed by atoms with Crippen molar-refractivity contribution in [2.75, 3.05) is 26.2 Å². The highest BCUT2D eigenvalue weighted by Gasteiger charge is 2.34. The summed E-state index contributed by atoms with van der Waals surface area (Å²) in [5.74, 6) is -1.01. The van der Waals surface area contributed by atoms with Gasteiger partial charge in [0.1, 0.15) is 5.78 Å². The Labute approximate surface area is 316 Å². The highest BCUT2D eigenvalue weighted by molar-refractivity contribution is 6.39. The van der Waals surface area contributed by atoms with E-state index in [9.17, 15) is 19.8 Å². The van der Waals surface area contributed by atoms with E-state index < -0.39 is 18.2 Å². The Bertz CT molecular complexity index is 1860. The Morgan fingerprint density at radius 3 is 1.48 bits per heavy atom. The molecule has 0 aromatic heterocycles. The summed E-state index contributed by atoms with van der Waals surface area (Å²) in [4.78, 5) is 27.0. The minimum Gasteiger partial charge on any atom is -0.481 e. The van der Waals surface area contributed by atoms with Crippen LogP contribution >= 0.6 is 23.2 Å². The van der Waals surface area contributed by atoms with E-state index in [1.54, 1.807) is 0 Å². The number of aliphatic hydroxyl groups is 2. The lowest BCUT2D eigenvalue weighted by atomic mass is 9.77. The lowest BCUT2D eigenvalue weighted by molar-refractivity contribution is -0.139. The molecule has 7 nitrogen and oxygen atoms in total. The molecule has 2 heterocycles. The van der Waals surface area contributed by atoms with E-state index in [2.05, 4.69) is 73.9 Å². The number of benzene rings is 4. The van der Waals surface area contributed by atoms with E-state index in [-0.39, 0.29) is 29.5 Å². The van der Waals surface area contributed by atoms with Crippen molar-refractivity contribution in [3.63, 3.8) is 0 Å². The summed E-state index contributed by atoms with van der Waals surface area (Å²) in [7, 11) is 0. The van der Waals surface area contributed by atoms with E-state index in [0.717, 1.165) is 45.5 Å². The summed E-state index contributed by atoms with van der Waals surface area (Å²) in [5, 5.41) is 31.1. The third-order valence-electron chi connectivity index (χ3n) is 10.5. The number of carboxylic acids is 1. The second-order valence-corrected chi connectivity index (χ2v) is 16.8. The fraction of sp³-hybridized carbons (Fsp3) is 0.395. The number of hydrogen-bond acceptors (Lipinski definition) is 6. The van der Waals surface area contributed by atoms with Gasteiger partial charge in [-0.25, -0.2) is 0 Å². The first-order valence-corrected chi connectivity index (χ1v) is 18.6. The summed E-state index contributed by atoms with van der Waals surface area (Å²) < 4.78 is 0. The van der Waals surface area contributed by atoms with Gasteiger partial charge in [0.15, 0.2) is 0 Å². The van der Waals surface area contributed by atoms with Gasteiger partial charge >= 0.3 is 5.97 Å². The number of fused-ring (bicyclic) bond motifs is 2. The number of aliphatic hydroxyl groups excluding tert-OH is 2. The van der Waals surface area contributed by atoms with E-state index in [1.165, 1.54) is 23.6 Å². The maximum Gasteiger partial charge on any atom is 0.306 e. The molecule has 2 aliphatic rings. The zero-order chi connectivity index (χ0) is 37.5. The Morgan fingerprint density at radius 1 is 0.673 bits per heavy atom. The fourth-order valence-electron chi connectivity index (χ4n) is 8.35. The standard InChI is InChI=1S/C43H48Cl2N2O5/c1-26(48)16-31(49)22-46-20-29-14-12-27(17-37(29)42(2,3)24-46)33-8-6-10-35(40(33)44)36-11-7-9-34(41(36)45)28-13-15-30-21-47(23-32(50)19-39(51)52)25-43(4,5)38(30)18-28/h6-15,17-18,31-32,49-50H,16,19-25H2,1-5H3,(H,51,52)/t31-,32-/m0/s1. The average Bonchev–Trinajstić information content (AvgIpc) is 3.04. The third kappa shape index (κ3) is 8.15. The van der Waals surface area contributed by atoms with Gasteiger partial charge in [0.25, 0.3) is 0 Å². The van der Waals surface area contributed by atoms with E-state index >= 15 is 0 Å². The van der Waals surface area contributed by atoms with Crippen molar-refractivity contribution >= 4 is 35.0 Å². The smallest absolute Gasteiger partial charge is 0.306 e. The topological polar surface area (TPSA) is 101 Å². The second kappa shape index (κ2) is 15.1. The predicted octanol–water partition coefficient (Wildman–Crippen LogP) is 8.36. The summed E-state index contributed by atoms with van der Waals surface area (Å²) in [5.41, 5.74) is 9.97. The molecule has 0 radical (unpaired) electrons. The van der Waals surface area contributed by atoms with Crippen LogP contribution in [-0.2, 0) is 33.5 Å². The molecule has 2 atom stereocenters. The molecule has 6 rings (SSSR count). The van der Waals surface area contributed by atoms with Gasteiger partial charge in [-0.15, -0.1) is 0 Å². The van der Waals surface area contributed by atoms with E-state index in [0.29, 0.717) is 42.8 Å². The Morgan fingerprint density at radius 2 is 1.08 bits per heavy atom. The predicted molar refractivity (Wildman–Crippen MR) is 209 cm³/mol. The van der Waals surface area contributed by atoms with Crippen LogP contribution in [0.4, 0.5) is 0 Å². The van der Waals surface area contributed by atoms with E-state index in [4.69, 9.17) is 28.3 Å². The number of ketones is 1. The van der Waals surface area contributed by atoms with Gasteiger partial charge in [-0.2, -0.15) is 0 Å². The van der Waals surface area contributed by atoms with Crippen LogP contribution in [0.3, 0.4) is 0 Å².